The number of carbonyl (C=O) groups excluding carboxylic acids is 1. The van der Waals surface area contributed by atoms with Gasteiger partial charge in [0.2, 0.25) is 0 Å². The van der Waals surface area contributed by atoms with Crippen LogP contribution in [0.2, 0.25) is 137 Å². The molecule has 1 unspecified atom stereocenters. The van der Waals surface area contributed by atoms with E-state index in [9.17, 15) is 4.79 Å². The molecule has 0 radical (unpaired) electrons. The van der Waals surface area contributed by atoms with Crippen LogP contribution < -0.4 is 5.30 Å². The Balaban J connectivity index is 4.71. The molecular weight excluding hydrogens is 652 g/mol. The molecule has 0 aromatic heterocycles. The van der Waals surface area contributed by atoms with Crippen molar-refractivity contribution < 1.29 is 4.79 Å². The average molecular weight is 726 g/mol. The molecule has 0 aliphatic heterocycles. The van der Waals surface area contributed by atoms with Crippen LogP contribution in [-0.4, -0.2) is 62.3 Å². The van der Waals surface area contributed by atoms with E-state index in [4.69, 9.17) is 0 Å². The van der Waals surface area contributed by atoms with Gasteiger partial charge in [-0.05, 0) is 49.6 Å². The van der Waals surface area contributed by atoms with Crippen molar-refractivity contribution in [3.8, 4) is 0 Å². The molecule has 0 saturated heterocycles. The maximum absolute atomic E-state index is 13.1. The van der Waals surface area contributed by atoms with E-state index >= 15 is 0 Å². The molecule has 0 aliphatic carbocycles. The quantitative estimate of drug-likeness (QED) is 0.112. The summed E-state index contributed by atoms with van der Waals surface area (Å²) in [4.78, 5) is 13.1. The van der Waals surface area contributed by atoms with Crippen LogP contribution in [0.15, 0.2) is 23.1 Å². The predicted octanol–water partition coefficient (Wildman–Crippen LogP) is 11.9. The lowest BCUT2D eigenvalue weighted by atomic mass is 10.1. The second kappa shape index (κ2) is 13.6. The van der Waals surface area contributed by atoms with Crippen LogP contribution in [0.3, 0.4) is 0 Å². The number of rotatable bonds is 13. The smallest absolute Gasteiger partial charge is 0.151 e. The maximum atomic E-state index is 13.1. The minimum Gasteiger partial charge on any atom is -0.295 e. The summed E-state index contributed by atoms with van der Waals surface area (Å²) in [6.45, 7) is 56.3. The highest BCUT2D eigenvalue weighted by atomic mass is 31.1. The largest absolute Gasteiger partial charge is 0.295 e. The lowest BCUT2D eigenvalue weighted by Crippen LogP contribution is -2.51. The van der Waals surface area contributed by atoms with Crippen LogP contribution in [0.4, 0.5) is 0 Å². The Bertz CT molecular complexity index is 1080. The number of ketones is 1. The summed E-state index contributed by atoms with van der Waals surface area (Å²) >= 11 is 0. The molecule has 1 nitrogen and oxygen atoms in total. The van der Waals surface area contributed by atoms with Gasteiger partial charge in [-0.2, -0.15) is 0 Å². The van der Waals surface area contributed by atoms with Gasteiger partial charge in [0, 0.05) is 48.4 Å². The van der Waals surface area contributed by atoms with E-state index in [1.165, 1.54) is 0 Å². The number of hydrogen-bond acceptors (Lipinski definition) is 1. The van der Waals surface area contributed by atoms with E-state index in [2.05, 4.69) is 155 Å². The zero-order valence-electron chi connectivity index (χ0n) is 32.9. The molecule has 0 saturated carbocycles. The summed E-state index contributed by atoms with van der Waals surface area (Å²) in [6, 6.07) is 5.60. The standard InChI is InChI=1S/C34H73OPSi7/c1-26(35)30(37(2,3)4)25-36-31-28(33(40(11,12)13)41(14,15)16)23-27(32(38(5,6)7)39(8,9)10)24-29(31)34(42(17,18)19)43(20,21)22/h23-25,32-34,36H,1-22H3. The molecule has 0 bridgehead atoms. The summed E-state index contributed by atoms with van der Waals surface area (Å²) in [7, 11) is -10.5. The van der Waals surface area contributed by atoms with Gasteiger partial charge < -0.3 is 0 Å². The minimum absolute atomic E-state index is 0.294. The number of carbonyl (C=O) groups is 1. The van der Waals surface area contributed by atoms with E-state index in [1.54, 1.807) is 22.0 Å². The maximum Gasteiger partial charge on any atom is 0.151 e. The third-order valence-corrected chi connectivity index (χ3v) is 40.5. The SMILES string of the molecule is CC(=O)C(=CPc1c(C([Si](C)(C)C)[Si](C)(C)C)cc(C([Si](C)(C)C)[Si](C)(C)C)cc1C([Si](C)(C)C)[Si](C)(C)C)[Si](C)(C)C. The van der Waals surface area contributed by atoms with Crippen LogP contribution in [-0.2, 0) is 4.79 Å². The lowest BCUT2D eigenvalue weighted by Gasteiger charge is -2.45. The van der Waals surface area contributed by atoms with Crippen molar-refractivity contribution in [3.63, 3.8) is 0 Å². The molecule has 1 atom stereocenters. The monoisotopic (exact) mass is 724 g/mol. The van der Waals surface area contributed by atoms with Crippen LogP contribution in [0.5, 0.6) is 0 Å². The van der Waals surface area contributed by atoms with Gasteiger partial charge in [-0.3, -0.25) is 4.79 Å². The molecule has 0 aliphatic rings. The summed E-state index contributed by atoms with van der Waals surface area (Å²) in [6.07, 6.45) is 0. The van der Waals surface area contributed by atoms with Gasteiger partial charge in [0.25, 0.3) is 0 Å². The van der Waals surface area contributed by atoms with E-state index < -0.39 is 56.5 Å². The first-order valence-corrected chi connectivity index (χ1v) is 42.8. The first-order chi connectivity index (χ1) is 18.6. The number of hydrogen-bond donors (Lipinski definition) is 0. The van der Waals surface area contributed by atoms with Crippen molar-refractivity contribution in [1.82, 2.24) is 0 Å². The summed E-state index contributed by atoms with van der Waals surface area (Å²) in [5.41, 5.74) is 5.14. The van der Waals surface area contributed by atoms with Crippen molar-refractivity contribution >= 4 is 76.2 Å². The Kier molecular flexibility index (Phi) is 13.2. The number of benzene rings is 1. The number of allylic oxidation sites excluding steroid dienone is 1. The predicted molar refractivity (Wildman–Crippen MR) is 225 cm³/mol. The highest BCUT2D eigenvalue weighted by Gasteiger charge is 2.46. The molecular formula is C34H73OPSi7. The first kappa shape index (κ1) is 41.6. The highest BCUT2D eigenvalue weighted by molar-refractivity contribution is 7.51. The van der Waals surface area contributed by atoms with Gasteiger partial charge in [0.15, 0.2) is 5.78 Å². The second-order valence-corrected chi connectivity index (χ2v) is 60.8. The molecule has 1 aromatic carbocycles. The van der Waals surface area contributed by atoms with E-state index in [0.717, 1.165) is 10.4 Å². The molecule has 1 rings (SSSR count). The lowest BCUT2D eigenvalue weighted by molar-refractivity contribution is -0.113. The van der Waals surface area contributed by atoms with Gasteiger partial charge in [0.1, 0.15) is 0 Å². The molecule has 0 N–H and O–H groups in total. The summed E-state index contributed by atoms with van der Waals surface area (Å²) in [5, 5.41) is 4.91. The average Bonchev–Trinajstić information content (AvgIpc) is 2.61. The fourth-order valence-electron chi connectivity index (χ4n) is 9.25. The van der Waals surface area contributed by atoms with E-state index in [1.807, 2.05) is 6.92 Å². The topological polar surface area (TPSA) is 17.1 Å². The minimum atomic E-state index is -1.75. The third kappa shape index (κ3) is 11.1. The third-order valence-electron chi connectivity index (χ3n) is 8.92. The molecule has 1 aromatic rings. The fourth-order valence-corrected chi connectivity index (χ4v) is 52.2. The van der Waals surface area contributed by atoms with Gasteiger partial charge in [-0.15, -0.1) is 0 Å². The Morgan fingerprint density at radius 1 is 0.535 bits per heavy atom. The Morgan fingerprint density at radius 3 is 1.02 bits per heavy atom. The van der Waals surface area contributed by atoms with Gasteiger partial charge in [-0.25, -0.2) is 0 Å². The van der Waals surface area contributed by atoms with Crippen molar-refractivity contribution in [2.75, 3.05) is 0 Å². The van der Waals surface area contributed by atoms with Gasteiger partial charge >= 0.3 is 0 Å². The van der Waals surface area contributed by atoms with Crippen LogP contribution in [0, 0.1) is 0 Å². The van der Waals surface area contributed by atoms with E-state index in [0.29, 0.717) is 24.7 Å². The van der Waals surface area contributed by atoms with Gasteiger partial charge in [0.05, 0.1) is 8.07 Å². The second-order valence-electron chi connectivity index (χ2n) is 21.1. The molecule has 248 valence electrons. The number of Topliss-reactive ketones (excluding diaryl/α,β-unsaturated/α-hetero) is 1. The summed E-state index contributed by atoms with van der Waals surface area (Å²) in [5.74, 6) is 2.74. The van der Waals surface area contributed by atoms with Gasteiger partial charge in [-0.1, -0.05) is 164 Å². The fraction of sp³-hybridized carbons (Fsp3) is 0.735. The normalized spacial score (nSPS) is 15.5. The Hall–Kier alpha value is 0.578. The Labute approximate surface area is 279 Å². The van der Waals surface area contributed by atoms with Crippen molar-refractivity contribution in [2.24, 2.45) is 0 Å². The summed E-state index contributed by atoms with van der Waals surface area (Å²) < 4.78 is 0. The van der Waals surface area contributed by atoms with Crippen LogP contribution in [0.1, 0.15) is 39.1 Å². The zero-order valence-corrected chi connectivity index (χ0v) is 40.9. The van der Waals surface area contributed by atoms with Crippen molar-refractivity contribution in [2.45, 2.75) is 160 Å². The van der Waals surface area contributed by atoms with Crippen LogP contribution >= 0.6 is 8.58 Å². The molecule has 0 heterocycles. The van der Waals surface area contributed by atoms with E-state index in [-0.39, 0.29) is 0 Å². The van der Waals surface area contributed by atoms with Crippen molar-refractivity contribution in [3.05, 3.63) is 39.8 Å². The van der Waals surface area contributed by atoms with Crippen LogP contribution in [0.25, 0.3) is 0 Å². The molecule has 0 fully saturated rings. The molecule has 0 spiro atoms. The Morgan fingerprint density at radius 2 is 0.814 bits per heavy atom. The highest BCUT2D eigenvalue weighted by Crippen LogP contribution is 2.46. The molecule has 0 amide bonds. The molecule has 43 heavy (non-hydrogen) atoms. The first-order valence-electron chi connectivity index (χ1n) is 16.8. The zero-order chi connectivity index (χ0) is 34.5. The van der Waals surface area contributed by atoms with Crippen molar-refractivity contribution in [1.29, 1.82) is 0 Å². The molecule has 9 heteroatoms.